The number of halogens is 3. The van der Waals surface area contributed by atoms with Gasteiger partial charge in [-0.1, -0.05) is 13.3 Å². The number of nitrogens with one attached hydrogen (secondary N) is 1. The lowest BCUT2D eigenvalue weighted by molar-refractivity contribution is -0.151. The van der Waals surface area contributed by atoms with Gasteiger partial charge in [-0.05, 0) is 46.5 Å². The number of alkyl halides is 3. The van der Waals surface area contributed by atoms with Gasteiger partial charge in [-0.25, -0.2) is 13.1 Å². The summed E-state index contributed by atoms with van der Waals surface area (Å²) in [4.78, 5) is 1.41. The maximum Gasteiger partial charge on any atom is 0.401 e. The van der Waals surface area contributed by atoms with E-state index in [0.29, 0.717) is 13.0 Å². The van der Waals surface area contributed by atoms with Crippen molar-refractivity contribution in [3.05, 3.63) is 0 Å². The fraction of sp³-hybridized carbons (Fsp3) is 1.00. The second-order valence-electron chi connectivity index (χ2n) is 7.26. The second kappa shape index (κ2) is 8.67. The molecule has 0 radical (unpaired) electrons. The van der Waals surface area contributed by atoms with Crippen molar-refractivity contribution in [1.29, 1.82) is 0 Å². The summed E-state index contributed by atoms with van der Waals surface area (Å²) in [5.41, 5.74) is -0.686. The molecule has 0 aromatic carbocycles. The van der Waals surface area contributed by atoms with Gasteiger partial charge in [0.15, 0.2) is 0 Å². The monoisotopic (exact) mass is 360 g/mol. The Kier molecular flexibility index (Phi) is 8.54. The summed E-state index contributed by atoms with van der Waals surface area (Å²) < 4.78 is 63.6. The molecule has 0 bridgehead atoms. The molecule has 1 N–H and O–H groups in total. The van der Waals surface area contributed by atoms with E-state index in [0.717, 1.165) is 19.1 Å². The average molecular weight is 360 g/mol. The molecule has 23 heavy (non-hydrogen) atoms. The Hall–Kier alpha value is -0.340. The van der Waals surface area contributed by atoms with Crippen LogP contribution < -0.4 is 4.72 Å². The molecule has 0 rings (SSSR count). The molecule has 8 heteroatoms. The van der Waals surface area contributed by atoms with E-state index in [2.05, 4.69) is 4.72 Å². The minimum atomic E-state index is -4.23. The lowest BCUT2D eigenvalue weighted by Gasteiger charge is -2.35. The molecular formula is C15H31F3N2O2S. The molecule has 1 atom stereocenters. The average Bonchev–Trinajstić information content (AvgIpc) is 2.21. The van der Waals surface area contributed by atoms with E-state index in [1.165, 1.54) is 4.90 Å². The summed E-state index contributed by atoms with van der Waals surface area (Å²) in [5, 5.41) is 0. The van der Waals surface area contributed by atoms with Gasteiger partial charge in [0.05, 0.1) is 12.8 Å². The van der Waals surface area contributed by atoms with Crippen molar-refractivity contribution in [3.8, 4) is 0 Å². The van der Waals surface area contributed by atoms with Gasteiger partial charge in [0.2, 0.25) is 10.0 Å². The molecule has 0 aliphatic carbocycles. The van der Waals surface area contributed by atoms with E-state index < -0.39 is 28.3 Å². The Bertz CT molecular complexity index is 448. The van der Waals surface area contributed by atoms with Crippen LogP contribution in [-0.4, -0.2) is 50.4 Å². The quantitative estimate of drug-likeness (QED) is 0.650. The first kappa shape index (κ1) is 22.7. The number of nitrogens with zero attached hydrogens (tertiary/aromatic N) is 1. The predicted octanol–water partition coefficient (Wildman–Crippen LogP) is 3.39. The molecule has 0 saturated heterocycles. The van der Waals surface area contributed by atoms with Crippen LogP contribution in [-0.2, 0) is 10.0 Å². The number of rotatable bonds is 10. The molecule has 1 unspecified atom stereocenters. The van der Waals surface area contributed by atoms with Gasteiger partial charge < -0.3 is 0 Å². The SMILES string of the molecule is CCCC(CN(CC(F)(F)F)C(C)C)CC(C)(C)NS(C)(=O)=O. The standard InChI is InChI=1S/C15H31F3N2O2S/c1-7-8-13(9-14(4,5)19-23(6,21)22)10-20(12(2)3)11-15(16,17)18/h12-13,19H,7-11H2,1-6H3. The van der Waals surface area contributed by atoms with E-state index in [1.54, 1.807) is 27.7 Å². The van der Waals surface area contributed by atoms with E-state index in [-0.39, 0.29) is 12.0 Å². The van der Waals surface area contributed by atoms with E-state index in [1.807, 2.05) is 6.92 Å². The summed E-state index contributed by atoms with van der Waals surface area (Å²) in [5.74, 6) is -0.00556. The highest BCUT2D eigenvalue weighted by Crippen LogP contribution is 2.25. The molecule has 0 amide bonds. The van der Waals surface area contributed by atoms with Crippen LogP contribution in [0.4, 0.5) is 13.2 Å². The number of sulfonamides is 1. The van der Waals surface area contributed by atoms with Crippen LogP contribution in [0.1, 0.15) is 53.9 Å². The summed E-state index contributed by atoms with van der Waals surface area (Å²) in [6.45, 7) is 8.36. The second-order valence-corrected chi connectivity index (χ2v) is 9.00. The van der Waals surface area contributed by atoms with Crippen LogP contribution in [0.25, 0.3) is 0 Å². The van der Waals surface area contributed by atoms with Gasteiger partial charge in [-0.3, -0.25) is 4.90 Å². The molecule has 0 fully saturated rings. The van der Waals surface area contributed by atoms with Gasteiger partial charge in [0.25, 0.3) is 0 Å². The van der Waals surface area contributed by atoms with Gasteiger partial charge in [-0.15, -0.1) is 0 Å². The highest BCUT2D eigenvalue weighted by molar-refractivity contribution is 7.88. The van der Waals surface area contributed by atoms with Crippen molar-refractivity contribution in [2.24, 2.45) is 5.92 Å². The molecule has 0 aliphatic rings. The zero-order chi connectivity index (χ0) is 18.5. The Balaban J connectivity index is 5.01. The predicted molar refractivity (Wildman–Crippen MR) is 87.8 cm³/mol. The van der Waals surface area contributed by atoms with E-state index in [9.17, 15) is 21.6 Å². The summed E-state index contributed by atoms with van der Waals surface area (Å²) in [6.07, 6.45) is -1.04. The van der Waals surface area contributed by atoms with Crippen molar-refractivity contribution in [2.75, 3.05) is 19.3 Å². The molecule has 140 valence electrons. The summed E-state index contributed by atoms with van der Waals surface area (Å²) >= 11 is 0. The molecular weight excluding hydrogens is 329 g/mol. The lowest BCUT2D eigenvalue weighted by atomic mass is 9.88. The van der Waals surface area contributed by atoms with Crippen molar-refractivity contribution < 1.29 is 21.6 Å². The molecule has 0 saturated carbocycles. The first-order chi connectivity index (χ1) is 10.2. The van der Waals surface area contributed by atoms with Crippen LogP contribution in [0.2, 0.25) is 0 Å². The molecule has 0 aliphatic heterocycles. The fourth-order valence-electron chi connectivity index (χ4n) is 2.95. The third-order valence-electron chi connectivity index (χ3n) is 3.56. The molecule has 0 aromatic rings. The highest BCUT2D eigenvalue weighted by atomic mass is 32.2. The summed E-state index contributed by atoms with van der Waals surface area (Å²) in [7, 11) is -3.36. The molecule has 0 spiro atoms. The topological polar surface area (TPSA) is 49.4 Å². The van der Waals surface area contributed by atoms with Crippen molar-refractivity contribution in [1.82, 2.24) is 9.62 Å². The van der Waals surface area contributed by atoms with Crippen LogP contribution >= 0.6 is 0 Å². The van der Waals surface area contributed by atoms with Crippen LogP contribution in [0.3, 0.4) is 0 Å². The molecule has 0 heterocycles. The highest BCUT2D eigenvalue weighted by Gasteiger charge is 2.34. The third-order valence-corrected chi connectivity index (χ3v) is 4.49. The van der Waals surface area contributed by atoms with Crippen LogP contribution in [0, 0.1) is 5.92 Å². The van der Waals surface area contributed by atoms with E-state index in [4.69, 9.17) is 0 Å². The first-order valence-electron chi connectivity index (χ1n) is 7.95. The third kappa shape index (κ3) is 11.8. The number of hydrogen-bond acceptors (Lipinski definition) is 3. The zero-order valence-electron chi connectivity index (χ0n) is 15.0. The Morgan fingerprint density at radius 3 is 2.04 bits per heavy atom. The van der Waals surface area contributed by atoms with E-state index >= 15 is 0 Å². The lowest BCUT2D eigenvalue weighted by Crippen LogP contribution is -2.47. The fourth-order valence-corrected chi connectivity index (χ4v) is 4.04. The zero-order valence-corrected chi connectivity index (χ0v) is 15.8. The van der Waals surface area contributed by atoms with Crippen molar-refractivity contribution in [3.63, 3.8) is 0 Å². The van der Waals surface area contributed by atoms with Gasteiger partial charge in [0, 0.05) is 18.1 Å². The van der Waals surface area contributed by atoms with Crippen LogP contribution in [0.15, 0.2) is 0 Å². The normalized spacial score (nSPS) is 15.4. The van der Waals surface area contributed by atoms with Crippen molar-refractivity contribution >= 4 is 10.0 Å². The smallest absolute Gasteiger partial charge is 0.292 e. The maximum absolute atomic E-state index is 12.7. The first-order valence-corrected chi connectivity index (χ1v) is 9.84. The minimum Gasteiger partial charge on any atom is -0.292 e. The van der Waals surface area contributed by atoms with Gasteiger partial charge >= 0.3 is 6.18 Å². The largest absolute Gasteiger partial charge is 0.401 e. The Labute approximate surface area is 138 Å². The summed E-state index contributed by atoms with van der Waals surface area (Å²) in [6, 6.07) is -0.220. The van der Waals surface area contributed by atoms with Crippen LogP contribution in [0.5, 0.6) is 0 Å². The minimum absolute atomic E-state index is 0.00556. The Morgan fingerprint density at radius 2 is 1.70 bits per heavy atom. The molecule has 4 nitrogen and oxygen atoms in total. The Morgan fingerprint density at radius 1 is 1.17 bits per heavy atom. The maximum atomic E-state index is 12.7. The number of hydrogen-bond donors (Lipinski definition) is 1. The van der Waals surface area contributed by atoms with Gasteiger partial charge in [0.1, 0.15) is 0 Å². The van der Waals surface area contributed by atoms with Gasteiger partial charge in [-0.2, -0.15) is 13.2 Å². The molecule has 0 aromatic heterocycles. The van der Waals surface area contributed by atoms with Crippen molar-refractivity contribution in [2.45, 2.75) is 71.6 Å².